The van der Waals surface area contributed by atoms with Crippen molar-refractivity contribution in [2.75, 3.05) is 13.1 Å². The van der Waals surface area contributed by atoms with E-state index in [-0.39, 0.29) is 18.4 Å². The first kappa shape index (κ1) is 13.9. The van der Waals surface area contributed by atoms with Gasteiger partial charge in [-0.3, -0.25) is 14.7 Å². The van der Waals surface area contributed by atoms with E-state index in [0.29, 0.717) is 5.92 Å². The Kier molecular flexibility index (Phi) is 4.47. The Morgan fingerprint density at radius 2 is 2.32 bits per heavy atom. The number of aromatic nitrogens is 1. The second kappa shape index (κ2) is 6.10. The molecule has 4 nitrogen and oxygen atoms in total. The molecule has 1 aliphatic carbocycles. The van der Waals surface area contributed by atoms with E-state index >= 15 is 0 Å². The van der Waals surface area contributed by atoms with Crippen molar-refractivity contribution in [3.63, 3.8) is 0 Å². The number of aliphatic carboxylic acids is 1. The summed E-state index contributed by atoms with van der Waals surface area (Å²) in [5.41, 5.74) is 0.741. The van der Waals surface area contributed by atoms with Gasteiger partial charge in [0.1, 0.15) is 5.82 Å². The first-order valence-corrected chi connectivity index (χ1v) is 6.67. The highest BCUT2D eigenvalue weighted by atomic mass is 19.1. The van der Waals surface area contributed by atoms with Gasteiger partial charge in [0.25, 0.3) is 0 Å². The molecule has 2 rings (SSSR count). The standard InChI is InChI=1S/C14H19FN2O2/c1-2-13(12-6-5-11(15)7-16-12)17(9-14(18)19)8-10-3-4-10/h5-7,10,13H,2-4,8-9H2,1H3,(H,18,19). The predicted molar refractivity (Wildman–Crippen MR) is 69.2 cm³/mol. The van der Waals surface area contributed by atoms with Crippen LogP contribution in [0.4, 0.5) is 4.39 Å². The maximum Gasteiger partial charge on any atom is 0.317 e. The monoisotopic (exact) mass is 266 g/mol. The lowest BCUT2D eigenvalue weighted by Crippen LogP contribution is -2.35. The number of hydrogen-bond donors (Lipinski definition) is 1. The third-order valence-corrected chi connectivity index (χ3v) is 3.45. The van der Waals surface area contributed by atoms with E-state index in [1.807, 2.05) is 11.8 Å². The third-order valence-electron chi connectivity index (χ3n) is 3.45. The Morgan fingerprint density at radius 1 is 1.58 bits per heavy atom. The Balaban J connectivity index is 2.14. The molecule has 1 atom stereocenters. The molecular formula is C14H19FN2O2. The molecule has 0 spiro atoms. The molecule has 104 valence electrons. The molecule has 1 heterocycles. The van der Waals surface area contributed by atoms with E-state index in [0.717, 1.165) is 18.7 Å². The molecule has 1 saturated carbocycles. The van der Waals surface area contributed by atoms with Crippen LogP contribution in [0.2, 0.25) is 0 Å². The number of rotatable bonds is 7. The molecule has 0 aliphatic heterocycles. The maximum absolute atomic E-state index is 12.9. The first-order valence-electron chi connectivity index (χ1n) is 6.67. The summed E-state index contributed by atoms with van der Waals surface area (Å²) in [7, 11) is 0. The van der Waals surface area contributed by atoms with Gasteiger partial charge in [0.05, 0.1) is 24.5 Å². The van der Waals surface area contributed by atoms with Gasteiger partial charge in [-0.25, -0.2) is 4.39 Å². The van der Waals surface area contributed by atoms with Crippen molar-refractivity contribution >= 4 is 5.97 Å². The molecule has 1 aliphatic rings. The molecule has 1 aromatic rings. The van der Waals surface area contributed by atoms with Crippen LogP contribution in [-0.4, -0.2) is 34.0 Å². The number of hydrogen-bond acceptors (Lipinski definition) is 3. The summed E-state index contributed by atoms with van der Waals surface area (Å²) in [6, 6.07) is 2.96. The fourth-order valence-corrected chi connectivity index (χ4v) is 2.35. The lowest BCUT2D eigenvalue weighted by Gasteiger charge is -2.29. The molecule has 0 bridgehead atoms. The molecule has 1 aromatic heterocycles. The SMILES string of the molecule is CCC(c1ccc(F)cn1)N(CC(=O)O)CC1CC1. The van der Waals surface area contributed by atoms with E-state index in [9.17, 15) is 9.18 Å². The fourth-order valence-electron chi connectivity index (χ4n) is 2.35. The average molecular weight is 266 g/mol. The second-order valence-corrected chi connectivity index (χ2v) is 5.09. The van der Waals surface area contributed by atoms with Crippen LogP contribution in [0.1, 0.15) is 37.9 Å². The van der Waals surface area contributed by atoms with Gasteiger partial charge in [-0.15, -0.1) is 0 Å². The summed E-state index contributed by atoms with van der Waals surface area (Å²) in [5, 5.41) is 9.03. The molecule has 0 aromatic carbocycles. The normalized spacial score (nSPS) is 16.6. The summed E-state index contributed by atoms with van der Waals surface area (Å²) in [6.07, 6.45) is 4.29. The molecular weight excluding hydrogens is 247 g/mol. The van der Waals surface area contributed by atoms with Crippen molar-refractivity contribution in [3.05, 3.63) is 29.8 Å². The van der Waals surface area contributed by atoms with E-state index < -0.39 is 5.97 Å². The largest absolute Gasteiger partial charge is 0.480 e. The number of halogens is 1. The lowest BCUT2D eigenvalue weighted by atomic mass is 10.1. The van der Waals surface area contributed by atoms with E-state index in [1.165, 1.54) is 25.1 Å². The van der Waals surface area contributed by atoms with Gasteiger partial charge < -0.3 is 5.11 Å². The van der Waals surface area contributed by atoms with Crippen molar-refractivity contribution in [1.82, 2.24) is 9.88 Å². The zero-order chi connectivity index (χ0) is 13.8. The van der Waals surface area contributed by atoms with Crippen LogP contribution in [0.5, 0.6) is 0 Å². The Bertz CT molecular complexity index is 432. The molecule has 1 fully saturated rings. The third kappa shape index (κ3) is 3.99. The highest BCUT2D eigenvalue weighted by molar-refractivity contribution is 5.69. The van der Waals surface area contributed by atoms with Crippen LogP contribution >= 0.6 is 0 Å². The first-order chi connectivity index (χ1) is 9.10. The van der Waals surface area contributed by atoms with Gasteiger partial charge in [0.15, 0.2) is 0 Å². The lowest BCUT2D eigenvalue weighted by molar-refractivity contribution is -0.139. The van der Waals surface area contributed by atoms with Crippen LogP contribution in [0, 0.1) is 11.7 Å². The number of pyridine rings is 1. The number of carboxylic acid groups (broad SMARTS) is 1. The molecule has 1 unspecified atom stereocenters. The van der Waals surface area contributed by atoms with Crippen molar-refractivity contribution in [2.45, 2.75) is 32.2 Å². The minimum Gasteiger partial charge on any atom is -0.480 e. The summed E-state index contributed by atoms with van der Waals surface area (Å²) in [5.74, 6) is -0.597. The smallest absolute Gasteiger partial charge is 0.317 e. The van der Waals surface area contributed by atoms with Crippen LogP contribution in [0.15, 0.2) is 18.3 Å². The topological polar surface area (TPSA) is 53.4 Å². The van der Waals surface area contributed by atoms with E-state index in [4.69, 9.17) is 5.11 Å². The number of carboxylic acids is 1. The fraction of sp³-hybridized carbons (Fsp3) is 0.571. The summed E-state index contributed by atoms with van der Waals surface area (Å²) in [6.45, 7) is 2.79. The van der Waals surface area contributed by atoms with Gasteiger partial charge in [-0.05, 0) is 37.3 Å². The highest BCUT2D eigenvalue weighted by Crippen LogP contribution is 2.33. The molecule has 1 N–H and O–H groups in total. The van der Waals surface area contributed by atoms with Crippen LogP contribution in [-0.2, 0) is 4.79 Å². The quantitative estimate of drug-likeness (QED) is 0.823. The van der Waals surface area contributed by atoms with Gasteiger partial charge in [-0.1, -0.05) is 6.92 Å². The summed E-state index contributed by atoms with van der Waals surface area (Å²) >= 11 is 0. The minimum absolute atomic E-state index is 0.00800. The molecule has 0 radical (unpaired) electrons. The van der Waals surface area contributed by atoms with Crippen molar-refractivity contribution < 1.29 is 14.3 Å². The summed E-state index contributed by atoms with van der Waals surface area (Å²) < 4.78 is 12.9. The Labute approximate surface area is 112 Å². The Hall–Kier alpha value is -1.49. The van der Waals surface area contributed by atoms with Crippen LogP contribution < -0.4 is 0 Å². The maximum atomic E-state index is 12.9. The van der Waals surface area contributed by atoms with Gasteiger partial charge >= 0.3 is 5.97 Å². The van der Waals surface area contributed by atoms with Crippen molar-refractivity contribution in [2.24, 2.45) is 5.92 Å². The van der Waals surface area contributed by atoms with Gasteiger partial charge in [0, 0.05) is 6.54 Å². The minimum atomic E-state index is -0.832. The Morgan fingerprint density at radius 3 is 2.79 bits per heavy atom. The zero-order valence-electron chi connectivity index (χ0n) is 11.1. The second-order valence-electron chi connectivity index (χ2n) is 5.09. The highest BCUT2D eigenvalue weighted by Gasteiger charge is 2.29. The number of carbonyl (C=O) groups is 1. The van der Waals surface area contributed by atoms with E-state index in [1.54, 1.807) is 6.07 Å². The van der Waals surface area contributed by atoms with Gasteiger partial charge in [-0.2, -0.15) is 0 Å². The van der Waals surface area contributed by atoms with Gasteiger partial charge in [0.2, 0.25) is 0 Å². The summed E-state index contributed by atoms with van der Waals surface area (Å²) in [4.78, 5) is 17.0. The molecule has 5 heteroatoms. The van der Waals surface area contributed by atoms with E-state index in [2.05, 4.69) is 4.98 Å². The van der Waals surface area contributed by atoms with Crippen molar-refractivity contribution in [1.29, 1.82) is 0 Å². The average Bonchev–Trinajstić information content (AvgIpc) is 3.15. The van der Waals surface area contributed by atoms with Crippen LogP contribution in [0.3, 0.4) is 0 Å². The molecule has 19 heavy (non-hydrogen) atoms. The van der Waals surface area contributed by atoms with Crippen LogP contribution in [0.25, 0.3) is 0 Å². The predicted octanol–water partition coefficient (Wildman–Crippen LogP) is 2.47. The number of nitrogens with zero attached hydrogens (tertiary/aromatic N) is 2. The molecule has 0 amide bonds. The zero-order valence-corrected chi connectivity index (χ0v) is 11.1. The van der Waals surface area contributed by atoms with Crippen molar-refractivity contribution in [3.8, 4) is 0 Å². The molecule has 0 saturated heterocycles.